The molecule has 14 heteroatoms. The van der Waals surface area contributed by atoms with E-state index in [0.717, 1.165) is 11.1 Å². The molecule has 0 radical (unpaired) electrons. The number of hydrogen-bond donors (Lipinski definition) is 3. The molecule has 4 fully saturated rings. The fraction of sp³-hybridized carbons (Fsp3) is 0.510. The third-order valence-electron chi connectivity index (χ3n) is 14.7. The van der Waals surface area contributed by atoms with Crippen LogP contribution in [0.25, 0.3) is 0 Å². The Balaban J connectivity index is 1.15. The van der Waals surface area contributed by atoms with Crippen molar-refractivity contribution in [3.8, 4) is 0 Å². The average Bonchev–Trinajstić information content (AvgIpc) is 3.97. The molecule has 14 nitrogen and oxygen atoms in total. The van der Waals surface area contributed by atoms with Crippen LogP contribution in [0.1, 0.15) is 81.4 Å². The Labute approximate surface area is 366 Å². The molecule has 334 valence electrons. The molecule has 2 bridgehead atoms. The van der Waals surface area contributed by atoms with E-state index in [0.29, 0.717) is 35.4 Å². The van der Waals surface area contributed by atoms with Crippen LogP contribution in [0.15, 0.2) is 107 Å². The number of amides is 1. The predicted octanol–water partition coefficient (Wildman–Crippen LogP) is 5.37. The maximum absolute atomic E-state index is 14.5. The minimum absolute atomic E-state index is 0.0761. The highest BCUT2D eigenvalue weighted by Crippen LogP contribution is 2.66. The van der Waals surface area contributed by atoms with Gasteiger partial charge in [-0.1, -0.05) is 105 Å². The van der Waals surface area contributed by atoms with Gasteiger partial charge in [0.05, 0.1) is 37.6 Å². The Bertz CT molecular complexity index is 2250. The molecular formula is C49H56N2O12. The Hall–Kier alpha value is -4.96. The standard InChI is InChI=1S/C49H56N2O12/c1-27-34(60-45(56)39(54)38(30-17-11-7-12-18-30)50-44(55)31-19-13-8-14-20-31)23-32-40(57-25-29-15-9-6-10-16-29)42-48(5,35(53)24-36-49(42,26-58-36)63-28(2)52)43-41(37(27)47(32,3)4)61-46(62-43)33-21-22-59-51-33/h6-20,32,34-36,38-43,46,53-54H,21-26H2,1-5H3,(H,50,55)/t32?,34-,35-,36+,38-,39+,40+,41+,42?,43-,46?,48+,49-/m0/s1. The summed E-state index contributed by atoms with van der Waals surface area (Å²) >= 11 is 0. The first-order chi connectivity index (χ1) is 30.2. The number of nitrogens with one attached hydrogen (secondary N) is 1. The topological polar surface area (TPSA) is 181 Å². The van der Waals surface area contributed by atoms with E-state index in [1.54, 1.807) is 54.6 Å². The number of esters is 2. The van der Waals surface area contributed by atoms with Crippen LogP contribution in [0.3, 0.4) is 0 Å². The van der Waals surface area contributed by atoms with Gasteiger partial charge < -0.3 is 48.8 Å². The summed E-state index contributed by atoms with van der Waals surface area (Å²) in [4.78, 5) is 46.6. The van der Waals surface area contributed by atoms with E-state index in [4.69, 9.17) is 33.3 Å². The van der Waals surface area contributed by atoms with Crippen molar-refractivity contribution in [2.75, 3.05) is 13.2 Å². The highest BCUT2D eigenvalue weighted by molar-refractivity contribution is 5.95. The smallest absolute Gasteiger partial charge is 0.338 e. The normalized spacial score (nSPS) is 34.8. The molecule has 2 saturated carbocycles. The number of aliphatic hydroxyl groups is 2. The van der Waals surface area contributed by atoms with Crippen molar-refractivity contribution in [3.63, 3.8) is 0 Å². The molecule has 3 aromatic rings. The molecule has 63 heavy (non-hydrogen) atoms. The molecule has 0 spiro atoms. The molecule has 2 saturated heterocycles. The number of carbonyl (C=O) groups is 3. The average molecular weight is 865 g/mol. The third kappa shape index (κ3) is 7.48. The predicted molar refractivity (Wildman–Crippen MR) is 227 cm³/mol. The number of carbonyl (C=O) groups excluding carboxylic acids is 3. The Kier molecular flexibility index (Phi) is 11.6. The number of hydrogen-bond acceptors (Lipinski definition) is 13. The van der Waals surface area contributed by atoms with Gasteiger partial charge in [0.2, 0.25) is 6.29 Å². The lowest BCUT2D eigenvalue weighted by atomic mass is 9.45. The largest absolute Gasteiger partial charge is 0.456 e. The number of oxime groups is 1. The highest BCUT2D eigenvalue weighted by atomic mass is 16.7. The van der Waals surface area contributed by atoms with Crippen LogP contribution in [-0.4, -0.2) is 102 Å². The van der Waals surface area contributed by atoms with Gasteiger partial charge in [0.1, 0.15) is 30.6 Å². The molecule has 3 aliphatic carbocycles. The molecule has 3 aliphatic heterocycles. The third-order valence-corrected chi connectivity index (χ3v) is 14.7. The Morgan fingerprint density at radius 3 is 2.25 bits per heavy atom. The SMILES string of the molecule is CC(=O)O[C@@]12CO[C@@H]1C[C@H](O)[C@]1(C)C2[C@H](OCc2ccccc2)C2C[C@H](OC(=O)[C@H](O)[C@@H](NC(=O)c3ccccc3)c3ccccc3)C(C)=C([C@H]3OC(C4=NOCC4)O[C@@H]31)C2(C)C. The van der Waals surface area contributed by atoms with Crippen molar-refractivity contribution in [3.05, 3.63) is 119 Å². The van der Waals surface area contributed by atoms with Gasteiger partial charge in [-0.3, -0.25) is 9.59 Å². The summed E-state index contributed by atoms with van der Waals surface area (Å²) in [7, 11) is 0. The van der Waals surface area contributed by atoms with Crippen LogP contribution in [0, 0.1) is 22.7 Å². The van der Waals surface area contributed by atoms with E-state index in [-0.39, 0.29) is 26.1 Å². The molecule has 0 aromatic heterocycles. The fourth-order valence-corrected chi connectivity index (χ4v) is 11.5. The second kappa shape index (κ2) is 16.9. The number of nitrogens with zero attached hydrogens (tertiary/aromatic N) is 1. The fourth-order valence-electron chi connectivity index (χ4n) is 11.5. The van der Waals surface area contributed by atoms with Crippen molar-refractivity contribution < 1.29 is 57.9 Å². The summed E-state index contributed by atoms with van der Waals surface area (Å²) in [5.41, 5.74) is 0.768. The zero-order valence-corrected chi connectivity index (χ0v) is 36.2. The van der Waals surface area contributed by atoms with Crippen molar-refractivity contribution in [2.45, 2.75) is 121 Å². The summed E-state index contributed by atoms with van der Waals surface area (Å²) in [6.45, 7) is 10.1. The molecular weight excluding hydrogens is 809 g/mol. The molecule has 9 rings (SSSR count). The van der Waals surface area contributed by atoms with Gasteiger partial charge in [0.25, 0.3) is 5.91 Å². The van der Waals surface area contributed by atoms with E-state index >= 15 is 0 Å². The number of fused-ring (bicyclic) bond motifs is 8. The molecule has 1 amide bonds. The van der Waals surface area contributed by atoms with Crippen molar-refractivity contribution in [2.24, 2.45) is 27.8 Å². The van der Waals surface area contributed by atoms with Gasteiger partial charge in [-0.05, 0) is 59.1 Å². The molecule has 3 aromatic carbocycles. The van der Waals surface area contributed by atoms with Gasteiger partial charge in [-0.25, -0.2) is 4.79 Å². The second-order valence-corrected chi connectivity index (χ2v) is 18.6. The number of rotatable bonds is 11. The van der Waals surface area contributed by atoms with Gasteiger partial charge in [-0.2, -0.15) is 0 Å². The zero-order chi connectivity index (χ0) is 44.3. The monoisotopic (exact) mass is 864 g/mol. The summed E-state index contributed by atoms with van der Waals surface area (Å²) in [5.74, 6) is -3.08. The van der Waals surface area contributed by atoms with Crippen molar-refractivity contribution in [1.29, 1.82) is 0 Å². The van der Waals surface area contributed by atoms with Crippen LogP contribution >= 0.6 is 0 Å². The summed E-state index contributed by atoms with van der Waals surface area (Å²) < 4.78 is 40.2. The first-order valence-corrected chi connectivity index (χ1v) is 21.9. The second-order valence-electron chi connectivity index (χ2n) is 18.6. The Morgan fingerprint density at radius 2 is 1.62 bits per heavy atom. The lowest BCUT2D eigenvalue weighted by Gasteiger charge is -2.67. The maximum Gasteiger partial charge on any atom is 0.338 e. The van der Waals surface area contributed by atoms with Crippen molar-refractivity contribution in [1.82, 2.24) is 5.32 Å². The van der Waals surface area contributed by atoms with Gasteiger partial charge in [-0.15, -0.1) is 0 Å². The van der Waals surface area contributed by atoms with Crippen LogP contribution in [0.4, 0.5) is 0 Å². The minimum atomic E-state index is -1.80. The molecule has 3 unspecified atom stereocenters. The molecule has 6 aliphatic rings. The highest BCUT2D eigenvalue weighted by Gasteiger charge is 2.76. The molecule has 3 heterocycles. The molecule has 13 atom stereocenters. The van der Waals surface area contributed by atoms with Crippen LogP contribution in [0.5, 0.6) is 0 Å². The summed E-state index contributed by atoms with van der Waals surface area (Å²) in [6.07, 6.45) is -6.77. The van der Waals surface area contributed by atoms with Crippen LogP contribution < -0.4 is 5.32 Å². The van der Waals surface area contributed by atoms with Gasteiger partial charge in [0, 0.05) is 36.7 Å². The van der Waals surface area contributed by atoms with Gasteiger partial charge >= 0.3 is 11.9 Å². The first-order valence-electron chi connectivity index (χ1n) is 21.9. The van der Waals surface area contributed by atoms with Gasteiger partial charge in [0.15, 0.2) is 11.7 Å². The van der Waals surface area contributed by atoms with Crippen LogP contribution in [0.2, 0.25) is 0 Å². The van der Waals surface area contributed by atoms with E-state index in [1.165, 1.54) is 6.92 Å². The maximum atomic E-state index is 14.5. The minimum Gasteiger partial charge on any atom is -0.456 e. The quantitative estimate of drug-likeness (QED) is 0.166. The van der Waals surface area contributed by atoms with E-state index in [1.807, 2.05) is 50.2 Å². The number of aliphatic hydroxyl groups excluding tert-OH is 2. The summed E-state index contributed by atoms with van der Waals surface area (Å²) in [5, 5.41) is 31.6. The Morgan fingerprint density at radius 1 is 0.937 bits per heavy atom. The summed E-state index contributed by atoms with van der Waals surface area (Å²) in [6, 6.07) is 26.0. The zero-order valence-electron chi connectivity index (χ0n) is 36.2. The van der Waals surface area contributed by atoms with E-state index in [9.17, 15) is 24.6 Å². The lowest BCUT2D eigenvalue weighted by molar-refractivity contribution is -0.355. The van der Waals surface area contributed by atoms with Crippen molar-refractivity contribution >= 4 is 23.6 Å². The lowest BCUT2D eigenvalue weighted by Crippen LogP contribution is -2.79. The van der Waals surface area contributed by atoms with E-state index in [2.05, 4.69) is 24.3 Å². The number of benzene rings is 3. The first kappa shape index (κ1) is 43.3. The molecule has 3 N–H and O–H groups in total. The number of ether oxygens (including phenoxy) is 6. The van der Waals surface area contributed by atoms with E-state index < -0.39 is 101 Å². The van der Waals surface area contributed by atoms with Crippen LogP contribution in [-0.2, 0) is 49.5 Å².